The Hall–Kier alpha value is -3.67. The molecule has 0 aromatic heterocycles. The zero-order valence-electron chi connectivity index (χ0n) is 43.6. The molecule has 382 valence electrons. The van der Waals surface area contributed by atoms with Crippen LogP contribution in [0.15, 0.2) is 97.2 Å². The Morgan fingerprint density at radius 3 is 0.896 bits per heavy atom. The second-order valence-electron chi connectivity index (χ2n) is 18.1. The van der Waals surface area contributed by atoms with Gasteiger partial charge >= 0.3 is 17.9 Å². The summed E-state index contributed by atoms with van der Waals surface area (Å²) in [5.41, 5.74) is 0. The van der Waals surface area contributed by atoms with E-state index in [1.807, 2.05) is 0 Å². The molecule has 67 heavy (non-hydrogen) atoms. The summed E-state index contributed by atoms with van der Waals surface area (Å²) in [6, 6.07) is 0. The largest absolute Gasteiger partial charge is 0.462 e. The predicted molar refractivity (Wildman–Crippen MR) is 288 cm³/mol. The number of unbranched alkanes of at least 4 members (excludes halogenated alkanes) is 22. The molecule has 1 atom stereocenters. The standard InChI is InChI=1S/C61H102O6/c1-4-7-10-13-16-19-22-25-28-30-33-36-39-42-45-48-51-54-60(63)66-57-58(56-65-59(62)53-50-47-44-41-38-35-32-27-24-21-18-15-12-9-6-3)67-61(64)55-52-49-46-43-40-37-34-31-29-26-23-20-17-14-11-8-5-2/h16-21,25-29,32-33,36,42,45,58H,4-15,22-24,30-31,34-35,37-41,43-44,46-57H2,1-3H3/b19-16+,20-17+,21-18+,28-25+,29-26+,32-27+,36-33+,45-42+/t58-/m1/s1. The lowest BCUT2D eigenvalue weighted by molar-refractivity contribution is -0.167. The maximum atomic E-state index is 12.8. The Bertz CT molecular complexity index is 1350. The van der Waals surface area contributed by atoms with Crippen LogP contribution in [-0.2, 0) is 28.6 Å². The van der Waals surface area contributed by atoms with E-state index in [1.54, 1.807) is 0 Å². The number of hydrogen-bond acceptors (Lipinski definition) is 6. The molecule has 0 heterocycles. The molecule has 6 nitrogen and oxygen atoms in total. The first-order valence-electron chi connectivity index (χ1n) is 27.7. The molecule has 0 fully saturated rings. The van der Waals surface area contributed by atoms with Crippen LogP contribution in [0.2, 0.25) is 0 Å². The molecule has 6 heteroatoms. The third kappa shape index (κ3) is 53.2. The highest BCUT2D eigenvalue weighted by Crippen LogP contribution is 2.13. The van der Waals surface area contributed by atoms with Crippen LogP contribution in [0.4, 0.5) is 0 Å². The van der Waals surface area contributed by atoms with Crippen LogP contribution in [0, 0.1) is 0 Å². The Labute approximate surface area is 413 Å². The van der Waals surface area contributed by atoms with E-state index in [1.165, 1.54) is 103 Å². The molecule has 0 amide bonds. The zero-order chi connectivity index (χ0) is 48.6. The Kier molecular flexibility index (Phi) is 51.9. The van der Waals surface area contributed by atoms with Gasteiger partial charge in [0.1, 0.15) is 13.2 Å². The highest BCUT2D eigenvalue weighted by atomic mass is 16.6. The molecule has 0 N–H and O–H groups in total. The average molecular weight is 931 g/mol. The Morgan fingerprint density at radius 1 is 0.299 bits per heavy atom. The number of allylic oxidation sites excluding steroid dienone is 16. The molecule has 0 aromatic carbocycles. The minimum atomic E-state index is -0.811. The lowest BCUT2D eigenvalue weighted by atomic mass is 10.1. The van der Waals surface area contributed by atoms with Crippen molar-refractivity contribution in [1.82, 2.24) is 0 Å². The van der Waals surface area contributed by atoms with E-state index in [9.17, 15) is 14.4 Å². The van der Waals surface area contributed by atoms with Crippen molar-refractivity contribution in [1.29, 1.82) is 0 Å². The van der Waals surface area contributed by atoms with Gasteiger partial charge in [0.05, 0.1) is 0 Å². The summed E-state index contributed by atoms with van der Waals surface area (Å²) in [7, 11) is 0. The molecule has 0 saturated carbocycles. The van der Waals surface area contributed by atoms with Crippen molar-refractivity contribution in [3.8, 4) is 0 Å². The number of hydrogen-bond donors (Lipinski definition) is 0. The zero-order valence-corrected chi connectivity index (χ0v) is 43.6. The highest BCUT2D eigenvalue weighted by molar-refractivity contribution is 5.71. The fourth-order valence-electron chi connectivity index (χ4n) is 7.32. The SMILES string of the molecule is CCCCC/C=C/C/C=C/C/C=C/C/C=C/CCCC(=O)OC[C@@H](COC(=O)CCCCCCC/C=C/C/C=C/CCCCC)OC(=O)CCCCCCCCC/C=C/C/C=C/CCCCC. The summed E-state index contributed by atoms with van der Waals surface area (Å²) in [5, 5.41) is 0. The number of rotatable bonds is 49. The maximum Gasteiger partial charge on any atom is 0.306 e. The molecule has 0 bridgehead atoms. The summed E-state index contributed by atoms with van der Waals surface area (Å²) < 4.78 is 16.8. The minimum absolute atomic E-state index is 0.106. The summed E-state index contributed by atoms with van der Waals surface area (Å²) in [6.07, 6.45) is 72.5. The van der Waals surface area contributed by atoms with E-state index in [-0.39, 0.29) is 37.5 Å². The average Bonchev–Trinajstić information content (AvgIpc) is 3.33. The van der Waals surface area contributed by atoms with Crippen LogP contribution in [0.3, 0.4) is 0 Å². The van der Waals surface area contributed by atoms with E-state index < -0.39 is 6.10 Å². The predicted octanol–water partition coefficient (Wildman–Crippen LogP) is 18.5. The van der Waals surface area contributed by atoms with Gasteiger partial charge in [-0.1, -0.05) is 208 Å². The molecule has 0 saturated heterocycles. The number of carbonyl (C=O) groups excluding carboxylic acids is 3. The molecule has 0 unspecified atom stereocenters. The molecule has 0 aliphatic carbocycles. The van der Waals surface area contributed by atoms with Crippen molar-refractivity contribution >= 4 is 17.9 Å². The van der Waals surface area contributed by atoms with Gasteiger partial charge in [-0.2, -0.15) is 0 Å². The quantitative estimate of drug-likeness (QED) is 0.0262. The third-order valence-electron chi connectivity index (χ3n) is 11.5. The minimum Gasteiger partial charge on any atom is -0.462 e. The van der Waals surface area contributed by atoms with Crippen molar-refractivity contribution in [2.24, 2.45) is 0 Å². The van der Waals surface area contributed by atoms with E-state index in [2.05, 4.69) is 118 Å². The van der Waals surface area contributed by atoms with Crippen LogP contribution in [-0.4, -0.2) is 37.2 Å². The van der Waals surface area contributed by atoms with E-state index >= 15 is 0 Å². The molecular weight excluding hydrogens is 829 g/mol. The lowest BCUT2D eigenvalue weighted by Crippen LogP contribution is -2.30. The van der Waals surface area contributed by atoms with Gasteiger partial charge in [-0.25, -0.2) is 0 Å². The first kappa shape index (κ1) is 63.3. The normalized spacial score (nSPS) is 12.8. The molecule has 0 aliphatic heterocycles. The van der Waals surface area contributed by atoms with Gasteiger partial charge in [-0.05, 0) is 122 Å². The van der Waals surface area contributed by atoms with Gasteiger partial charge < -0.3 is 14.2 Å². The highest BCUT2D eigenvalue weighted by Gasteiger charge is 2.19. The number of carbonyl (C=O) groups is 3. The number of ether oxygens (including phenoxy) is 3. The second kappa shape index (κ2) is 54.9. The first-order chi connectivity index (χ1) is 33.0. The molecule has 0 rings (SSSR count). The van der Waals surface area contributed by atoms with Gasteiger partial charge in [-0.3, -0.25) is 14.4 Å². The molecule has 0 radical (unpaired) electrons. The van der Waals surface area contributed by atoms with Gasteiger partial charge in [0, 0.05) is 19.3 Å². The second-order valence-corrected chi connectivity index (χ2v) is 18.1. The van der Waals surface area contributed by atoms with Crippen molar-refractivity contribution < 1.29 is 28.6 Å². The number of esters is 3. The van der Waals surface area contributed by atoms with Crippen molar-refractivity contribution in [3.63, 3.8) is 0 Å². The van der Waals surface area contributed by atoms with Crippen LogP contribution < -0.4 is 0 Å². The summed E-state index contributed by atoms with van der Waals surface area (Å²) in [4.78, 5) is 38.1. The fraction of sp³-hybridized carbons (Fsp3) is 0.689. The Balaban J connectivity index is 4.52. The summed E-state index contributed by atoms with van der Waals surface area (Å²) in [6.45, 7) is 6.49. The van der Waals surface area contributed by atoms with Crippen LogP contribution in [0.5, 0.6) is 0 Å². The fourth-order valence-corrected chi connectivity index (χ4v) is 7.32. The third-order valence-corrected chi connectivity index (χ3v) is 11.5. The lowest BCUT2D eigenvalue weighted by Gasteiger charge is -2.18. The van der Waals surface area contributed by atoms with Gasteiger partial charge in [-0.15, -0.1) is 0 Å². The van der Waals surface area contributed by atoms with Crippen LogP contribution in [0.1, 0.15) is 252 Å². The first-order valence-corrected chi connectivity index (χ1v) is 27.7. The molecule has 0 spiro atoms. The topological polar surface area (TPSA) is 78.9 Å². The van der Waals surface area contributed by atoms with Gasteiger partial charge in [0.2, 0.25) is 0 Å². The van der Waals surface area contributed by atoms with E-state index in [0.29, 0.717) is 19.3 Å². The van der Waals surface area contributed by atoms with Gasteiger partial charge in [0.25, 0.3) is 0 Å². The summed E-state index contributed by atoms with van der Waals surface area (Å²) in [5.74, 6) is -0.984. The van der Waals surface area contributed by atoms with Crippen molar-refractivity contribution in [2.75, 3.05) is 13.2 Å². The van der Waals surface area contributed by atoms with E-state index in [0.717, 1.165) is 103 Å². The molecule has 0 aromatic rings. The maximum absolute atomic E-state index is 12.8. The Morgan fingerprint density at radius 2 is 0.552 bits per heavy atom. The summed E-state index contributed by atoms with van der Waals surface area (Å²) >= 11 is 0. The van der Waals surface area contributed by atoms with Gasteiger partial charge in [0.15, 0.2) is 6.10 Å². The smallest absolute Gasteiger partial charge is 0.306 e. The van der Waals surface area contributed by atoms with Crippen LogP contribution >= 0.6 is 0 Å². The molecule has 0 aliphatic rings. The molecular formula is C61H102O6. The van der Waals surface area contributed by atoms with E-state index in [4.69, 9.17) is 14.2 Å². The van der Waals surface area contributed by atoms with Crippen molar-refractivity contribution in [2.45, 2.75) is 258 Å². The van der Waals surface area contributed by atoms with Crippen molar-refractivity contribution in [3.05, 3.63) is 97.2 Å². The monoisotopic (exact) mass is 931 g/mol. The van der Waals surface area contributed by atoms with Crippen LogP contribution in [0.25, 0.3) is 0 Å².